The Kier molecular flexibility index (Phi) is 5.15. The molecule has 0 aromatic heterocycles. The summed E-state index contributed by atoms with van der Waals surface area (Å²) in [6.45, 7) is 2.10. The minimum atomic E-state index is -3.60. The molecular weight excluding hydrogens is 376 g/mol. The highest BCUT2D eigenvalue weighted by Gasteiger charge is 2.34. The Morgan fingerprint density at radius 1 is 1.00 bits per heavy atom. The Bertz CT molecular complexity index is 916. The monoisotopic (exact) mass is 400 g/mol. The van der Waals surface area contributed by atoms with Crippen LogP contribution in [0.3, 0.4) is 0 Å². The van der Waals surface area contributed by atoms with Gasteiger partial charge < -0.3 is 4.90 Å². The first-order valence-electron chi connectivity index (χ1n) is 8.70. The average molecular weight is 401 g/mol. The van der Waals surface area contributed by atoms with Crippen LogP contribution < -0.4 is 0 Å². The van der Waals surface area contributed by atoms with Crippen LogP contribution in [0.5, 0.6) is 0 Å². The maximum atomic E-state index is 12.9. The lowest BCUT2D eigenvalue weighted by molar-refractivity contribution is -0.131. The molecule has 7 nitrogen and oxygen atoms in total. The van der Waals surface area contributed by atoms with Gasteiger partial charge in [0, 0.05) is 32.4 Å². The Hall–Kier alpha value is -1.45. The van der Waals surface area contributed by atoms with Gasteiger partial charge in [-0.2, -0.15) is 4.31 Å². The number of piperazine rings is 1. The number of hydrogen-bond donors (Lipinski definition) is 0. The van der Waals surface area contributed by atoms with Gasteiger partial charge in [0.05, 0.1) is 4.90 Å². The molecule has 1 aromatic rings. The van der Waals surface area contributed by atoms with E-state index in [1.165, 1.54) is 21.7 Å². The first-order chi connectivity index (χ1) is 12.1. The second-order valence-corrected chi connectivity index (χ2v) is 11.3. The second-order valence-electron chi connectivity index (χ2n) is 6.99. The molecule has 1 fully saturated rings. The number of aryl methyl sites for hydroxylation is 2. The van der Waals surface area contributed by atoms with Crippen LogP contribution >= 0.6 is 0 Å². The van der Waals surface area contributed by atoms with Crippen LogP contribution in [0.25, 0.3) is 0 Å². The zero-order valence-electron chi connectivity index (χ0n) is 15.0. The molecule has 1 amide bonds. The molecule has 0 spiro atoms. The van der Waals surface area contributed by atoms with Crippen LogP contribution in [0, 0.1) is 0 Å². The van der Waals surface area contributed by atoms with E-state index in [9.17, 15) is 21.6 Å². The van der Waals surface area contributed by atoms with E-state index in [-0.39, 0.29) is 26.2 Å². The van der Waals surface area contributed by atoms with E-state index in [1.807, 2.05) is 6.07 Å². The topological polar surface area (TPSA) is 91.8 Å². The normalized spacial score (nSPS) is 20.0. The van der Waals surface area contributed by atoms with Gasteiger partial charge in [0.2, 0.25) is 15.9 Å². The molecule has 1 heterocycles. The predicted octanol–water partition coefficient (Wildman–Crippen LogP) is 0.441. The Balaban J connectivity index is 1.70. The number of fused-ring (bicyclic) bond motifs is 1. The highest BCUT2D eigenvalue weighted by atomic mass is 32.2. The summed E-state index contributed by atoms with van der Waals surface area (Å²) in [5.74, 6) is -0.470. The number of carbonyl (C=O) groups excluding carboxylic acids is 1. The lowest BCUT2D eigenvalue weighted by Crippen LogP contribution is -2.53. The largest absolute Gasteiger partial charge is 0.339 e. The quantitative estimate of drug-likeness (QED) is 0.731. The Labute approximate surface area is 155 Å². The van der Waals surface area contributed by atoms with Crippen molar-refractivity contribution in [1.82, 2.24) is 9.21 Å². The predicted molar refractivity (Wildman–Crippen MR) is 98.1 cm³/mol. The third-order valence-electron chi connectivity index (χ3n) is 5.25. The van der Waals surface area contributed by atoms with Crippen LogP contribution in [0.4, 0.5) is 0 Å². The van der Waals surface area contributed by atoms with Gasteiger partial charge in [0.15, 0.2) is 9.84 Å². The van der Waals surface area contributed by atoms with Crippen molar-refractivity contribution in [1.29, 1.82) is 0 Å². The molecular formula is C17H24N2O5S2. The summed E-state index contributed by atoms with van der Waals surface area (Å²) in [5, 5.41) is -1.11. The molecule has 0 radical (unpaired) electrons. The number of amides is 1. The molecule has 3 rings (SSSR count). The number of carbonyl (C=O) groups is 1. The second kappa shape index (κ2) is 6.94. The van der Waals surface area contributed by atoms with Crippen molar-refractivity contribution in [3.8, 4) is 0 Å². The SMILES string of the molecule is CC(C(=O)N1CCN(S(=O)(=O)c2ccc3c(c2)CCC3)CC1)S(C)(=O)=O. The number of nitrogens with zero attached hydrogens (tertiary/aromatic N) is 2. The van der Waals surface area contributed by atoms with Gasteiger partial charge in [-0.1, -0.05) is 6.07 Å². The van der Waals surface area contributed by atoms with Gasteiger partial charge in [-0.25, -0.2) is 16.8 Å². The smallest absolute Gasteiger partial charge is 0.243 e. The lowest BCUT2D eigenvalue weighted by Gasteiger charge is -2.35. The third-order valence-corrected chi connectivity index (χ3v) is 8.63. The van der Waals surface area contributed by atoms with Gasteiger partial charge in [0.25, 0.3) is 0 Å². The van der Waals surface area contributed by atoms with Gasteiger partial charge in [-0.05, 0) is 49.4 Å². The van der Waals surface area contributed by atoms with Gasteiger partial charge in [-0.15, -0.1) is 0 Å². The van der Waals surface area contributed by atoms with Crippen LogP contribution in [0.15, 0.2) is 23.1 Å². The number of benzene rings is 1. The third kappa shape index (κ3) is 3.65. The van der Waals surface area contributed by atoms with Crippen LogP contribution in [-0.2, 0) is 37.5 Å². The van der Waals surface area contributed by atoms with E-state index in [1.54, 1.807) is 12.1 Å². The summed E-state index contributed by atoms with van der Waals surface area (Å²) < 4.78 is 50.3. The fourth-order valence-electron chi connectivity index (χ4n) is 3.45. The summed E-state index contributed by atoms with van der Waals surface area (Å²) in [4.78, 5) is 14.0. The van der Waals surface area contributed by atoms with Crippen molar-refractivity contribution in [2.24, 2.45) is 0 Å². The van der Waals surface area contributed by atoms with Crippen molar-refractivity contribution < 1.29 is 21.6 Å². The molecule has 144 valence electrons. The molecule has 1 atom stereocenters. The van der Waals surface area contributed by atoms with E-state index >= 15 is 0 Å². The number of hydrogen-bond acceptors (Lipinski definition) is 5. The molecule has 0 saturated carbocycles. The van der Waals surface area contributed by atoms with Crippen molar-refractivity contribution in [3.05, 3.63) is 29.3 Å². The number of sulfone groups is 1. The average Bonchev–Trinajstić information content (AvgIpc) is 3.07. The maximum Gasteiger partial charge on any atom is 0.243 e. The molecule has 1 saturated heterocycles. The minimum Gasteiger partial charge on any atom is -0.339 e. The molecule has 2 aliphatic rings. The van der Waals surface area contributed by atoms with E-state index in [2.05, 4.69) is 0 Å². The van der Waals surface area contributed by atoms with Crippen molar-refractivity contribution >= 4 is 25.8 Å². The van der Waals surface area contributed by atoms with Gasteiger partial charge in [-0.3, -0.25) is 4.79 Å². The zero-order chi connectivity index (χ0) is 19.1. The molecule has 0 N–H and O–H groups in total. The highest BCUT2D eigenvalue weighted by molar-refractivity contribution is 7.92. The van der Waals surface area contributed by atoms with E-state index in [0.717, 1.165) is 31.1 Å². The Morgan fingerprint density at radius 3 is 2.23 bits per heavy atom. The molecule has 1 aromatic carbocycles. The summed E-state index contributed by atoms with van der Waals surface area (Å²) in [7, 11) is -7.07. The van der Waals surface area contributed by atoms with E-state index in [0.29, 0.717) is 4.90 Å². The lowest BCUT2D eigenvalue weighted by atomic mass is 10.1. The van der Waals surface area contributed by atoms with Crippen LogP contribution in [0.2, 0.25) is 0 Å². The van der Waals surface area contributed by atoms with Crippen molar-refractivity contribution in [2.75, 3.05) is 32.4 Å². The molecule has 1 unspecified atom stereocenters. The summed E-state index contributed by atoms with van der Waals surface area (Å²) >= 11 is 0. The molecule has 9 heteroatoms. The molecule has 0 bridgehead atoms. The molecule has 26 heavy (non-hydrogen) atoms. The van der Waals surface area contributed by atoms with E-state index in [4.69, 9.17) is 0 Å². The minimum absolute atomic E-state index is 0.168. The van der Waals surface area contributed by atoms with Crippen molar-refractivity contribution in [2.45, 2.75) is 36.3 Å². The first kappa shape index (κ1) is 19.3. The Morgan fingerprint density at radius 2 is 1.62 bits per heavy atom. The van der Waals surface area contributed by atoms with E-state index < -0.39 is 31.0 Å². The zero-order valence-corrected chi connectivity index (χ0v) is 16.6. The first-order valence-corrected chi connectivity index (χ1v) is 12.1. The summed E-state index contributed by atoms with van der Waals surface area (Å²) in [6.07, 6.45) is 3.99. The van der Waals surface area contributed by atoms with Crippen LogP contribution in [0.1, 0.15) is 24.5 Å². The van der Waals surface area contributed by atoms with Gasteiger partial charge in [0.1, 0.15) is 5.25 Å². The summed E-state index contributed by atoms with van der Waals surface area (Å²) in [5.41, 5.74) is 2.32. The highest BCUT2D eigenvalue weighted by Crippen LogP contribution is 2.26. The fourth-order valence-corrected chi connectivity index (χ4v) is 5.44. The number of sulfonamides is 1. The summed E-state index contributed by atoms with van der Waals surface area (Å²) in [6, 6.07) is 5.31. The number of rotatable bonds is 4. The van der Waals surface area contributed by atoms with Crippen LogP contribution in [-0.4, -0.2) is 69.6 Å². The van der Waals surface area contributed by atoms with Gasteiger partial charge >= 0.3 is 0 Å². The molecule has 1 aliphatic carbocycles. The fraction of sp³-hybridized carbons (Fsp3) is 0.588. The van der Waals surface area contributed by atoms with Crippen molar-refractivity contribution in [3.63, 3.8) is 0 Å². The molecule has 1 aliphatic heterocycles. The maximum absolute atomic E-state index is 12.9. The standard InChI is InChI=1S/C17H24N2O5S2/c1-13(25(2,21)22)17(20)18-8-10-19(11-9-18)26(23,24)16-7-6-14-4-3-5-15(14)12-16/h6-7,12-13H,3-5,8-11H2,1-2H3.